The number of aryl methyl sites for hydroxylation is 1. The van der Waals surface area contributed by atoms with E-state index in [1.807, 2.05) is 50.5 Å². The molecule has 0 aliphatic heterocycles. The van der Waals surface area contributed by atoms with E-state index < -0.39 is 5.54 Å². The minimum absolute atomic E-state index is 0.122. The highest BCUT2D eigenvalue weighted by Crippen LogP contribution is 2.29. The average Bonchev–Trinajstić information content (AvgIpc) is 3.03. The summed E-state index contributed by atoms with van der Waals surface area (Å²) >= 11 is 6.24. The van der Waals surface area contributed by atoms with Gasteiger partial charge in [0, 0.05) is 13.2 Å². The number of aromatic nitrogens is 4. The van der Waals surface area contributed by atoms with E-state index >= 15 is 0 Å². The summed E-state index contributed by atoms with van der Waals surface area (Å²) in [6.45, 7) is 1.76. The standard InChI is InChI=1S/C17H19ClN6O/c1-17(11-25,12-6-4-3-5-7-12)23-15-14(18)9-19-16(22-15)21-13-8-20-24(2)10-13/h3-10,25H,11H2,1-2H3,(H2,19,21,22,23). The molecule has 130 valence electrons. The number of hydrogen-bond acceptors (Lipinski definition) is 6. The quantitative estimate of drug-likeness (QED) is 0.628. The highest BCUT2D eigenvalue weighted by atomic mass is 35.5. The van der Waals surface area contributed by atoms with Crippen molar-refractivity contribution in [2.45, 2.75) is 12.5 Å². The maximum atomic E-state index is 9.92. The van der Waals surface area contributed by atoms with Crippen molar-refractivity contribution in [1.29, 1.82) is 0 Å². The highest BCUT2D eigenvalue weighted by Gasteiger charge is 2.27. The molecule has 8 heteroatoms. The normalized spacial score (nSPS) is 13.3. The third kappa shape index (κ3) is 3.89. The summed E-state index contributed by atoms with van der Waals surface area (Å²) < 4.78 is 1.68. The van der Waals surface area contributed by atoms with Crippen LogP contribution in [0.4, 0.5) is 17.5 Å². The maximum Gasteiger partial charge on any atom is 0.229 e. The Morgan fingerprint density at radius 3 is 2.64 bits per heavy atom. The molecule has 0 spiro atoms. The molecular weight excluding hydrogens is 340 g/mol. The van der Waals surface area contributed by atoms with Crippen LogP contribution in [0.5, 0.6) is 0 Å². The van der Waals surface area contributed by atoms with Crippen molar-refractivity contribution in [2.24, 2.45) is 7.05 Å². The topological polar surface area (TPSA) is 87.9 Å². The molecule has 25 heavy (non-hydrogen) atoms. The fourth-order valence-electron chi connectivity index (χ4n) is 2.40. The Morgan fingerprint density at radius 1 is 1.24 bits per heavy atom. The molecule has 7 nitrogen and oxygen atoms in total. The zero-order valence-corrected chi connectivity index (χ0v) is 14.7. The van der Waals surface area contributed by atoms with Gasteiger partial charge in [-0.25, -0.2) is 4.98 Å². The Balaban J connectivity index is 1.87. The summed E-state index contributed by atoms with van der Waals surface area (Å²) in [5, 5.41) is 20.7. The molecule has 3 rings (SSSR count). The van der Waals surface area contributed by atoms with Crippen molar-refractivity contribution in [3.8, 4) is 0 Å². The van der Waals surface area contributed by atoms with E-state index in [9.17, 15) is 5.11 Å². The van der Waals surface area contributed by atoms with E-state index in [-0.39, 0.29) is 6.61 Å². The third-order valence-electron chi connectivity index (χ3n) is 3.83. The Hall–Kier alpha value is -2.64. The van der Waals surface area contributed by atoms with E-state index in [0.717, 1.165) is 11.3 Å². The van der Waals surface area contributed by atoms with Crippen molar-refractivity contribution in [1.82, 2.24) is 19.7 Å². The van der Waals surface area contributed by atoms with Gasteiger partial charge in [0.15, 0.2) is 5.82 Å². The van der Waals surface area contributed by atoms with Gasteiger partial charge in [0.2, 0.25) is 5.95 Å². The number of nitrogens with one attached hydrogen (secondary N) is 2. The van der Waals surface area contributed by atoms with Crippen LogP contribution in [0.3, 0.4) is 0 Å². The summed E-state index contributed by atoms with van der Waals surface area (Å²) in [5.41, 5.74) is 0.961. The number of aliphatic hydroxyl groups is 1. The Labute approximate surface area is 150 Å². The molecule has 0 saturated heterocycles. The van der Waals surface area contributed by atoms with Gasteiger partial charge in [-0.2, -0.15) is 10.1 Å². The Bertz CT molecular complexity index is 853. The lowest BCUT2D eigenvalue weighted by Crippen LogP contribution is -2.36. The number of benzene rings is 1. The molecule has 3 N–H and O–H groups in total. The molecule has 3 aromatic rings. The molecule has 0 amide bonds. The average molecular weight is 359 g/mol. The third-order valence-corrected chi connectivity index (χ3v) is 4.10. The smallest absolute Gasteiger partial charge is 0.229 e. The van der Waals surface area contributed by atoms with E-state index in [4.69, 9.17) is 11.6 Å². The SMILES string of the molecule is Cn1cc(Nc2ncc(Cl)c(NC(C)(CO)c3ccccc3)n2)cn1. The Kier molecular flexibility index (Phi) is 4.87. The minimum Gasteiger partial charge on any atom is -0.394 e. The predicted octanol–water partition coefficient (Wildman–Crippen LogP) is 2.93. The first-order valence-corrected chi connectivity index (χ1v) is 8.11. The van der Waals surface area contributed by atoms with Gasteiger partial charge >= 0.3 is 0 Å². The van der Waals surface area contributed by atoms with Gasteiger partial charge in [-0.15, -0.1) is 0 Å². The van der Waals surface area contributed by atoms with Crippen LogP contribution in [-0.4, -0.2) is 31.5 Å². The second-order valence-electron chi connectivity index (χ2n) is 5.90. The van der Waals surface area contributed by atoms with Crippen LogP contribution in [0.15, 0.2) is 48.9 Å². The molecule has 0 bridgehead atoms. The molecule has 0 aliphatic carbocycles. The van der Waals surface area contributed by atoms with E-state index in [2.05, 4.69) is 25.7 Å². The van der Waals surface area contributed by atoms with Gasteiger partial charge in [-0.05, 0) is 12.5 Å². The summed E-state index contributed by atoms with van der Waals surface area (Å²) in [6.07, 6.45) is 5.00. The van der Waals surface area contributed by atoms with Gasteiger partial charge in [-0.3, -0.25) is 4.68 Å². The number of nitrogens with zero attached hydrogens (tertiary/aromatic N) is 4. The van der Waals surface area contributed by atoms with E-state index in [1.165, 1.54) is 6.20 Å². The maximum absolute atomic E-state index is 9.92. The van der Waals surface area contributed by atoms with Gasteiger partial charge in [0.1, 0.15) is 5.02 Å². The lowest BCUT2D eigenvalue weighted by atomic mass is 9.93. The molecule has 2 heterocycles. The fraction of sp³-hybridized carbons (Fsp3) is 0.235. The van der Waals surface area contributed by atoms with Crippen molar-refractivity contribution in [2.75, 3.05) is 17.2 Å². The summed E-state index contributed by atoms with van der Waals surface area (Å²) in [6, 6.07) is 9.64. The first kappa shape index (κ1) is 17.2. The van der Waals surface area contributed by atoms with Crippen LogP contribution in [0.2, 0.25) is 5.02 Å². The zero-order valence-electron chi connectivity index (χ0n) is 13.9. The van der Waals surface area contributed by atoms with Crippen LogP contribution in [-0.2, 0) is 12.6 Å². The molecule has 0 radical (unpaired) electrons. The summed E-state index contributed by atoms with van der Waals surface area (Å²) in [5.74, 6) is 0.816. The second kappa shape index (κ2) is 7.08. The van der Waals surface area contributed by atoms with Gasteiger partial charge < -0.3 is 15.7 Å². The van der Waals surface area contributed by atoms with Gasteiger partial charge in [-0.1, -0.05) is 41.9 Å². The minimum atomic E-state index is -0.731. The van der Waals surface area contributed by atoms with Crippen molar-refractivity contribution < 1.29 is 5.11 Å². The summed E-state index contributed by atoms with van der Waals surface area (Å²) in [7, 11) is 1.83. The first-order chi connectivity index (χ1) is 12.0. The molecule has 0 saturated carbocycles. The monoisotopic (exact) mass is 358 g/mol. The van der Waals surface area contributed by atoms with Crippen molar-refractivity contribution in [3.63, 3.8) is 0 Å². The van der Waals surface area contributed by atoms with Crippen LogP contribution in [0.25, 0.3) is 0 Å². The first-order valence-electron chi connectivity index (χ1n) is 7.73. The number of halogens is 1. The summed E-state index contributed by atoms with van der Waals surface area (Å²) in [4.78, 5) is 8.60. The zero-order chi connectivity index (χ0) is 17.9. The van der Waals surface area contributed by atoms with Gasteiger partial charge in [0.25, 0.3) is 0 Å². The predicted molar refractivity (Wildman–Crippen MR) is 98.0 cm³/mol. The molecule has 2 aromatic heterocycles. The lowest BCUT2D eigenvalue weighted by Gasteiger charge is -2.30. The van der Waals surface area contributed by atoms with Crippen LogP contribution >= 0.6 is 11.6 Å². The van der Waals surface area contributed by atoms with Gasteiger partial charge in [0.05, 0.1) is 30.2 Å². The van der Waals surface area contributed by atoms with Crippen molar-refractivity contribution >= 4 is 29.1 Å². The lowest BCUT2D eigenvalue weighted by molar-refractivity contribution is 0.223. The molecular formula is C17H19ClN6O. The highest BCUT2D eigenvalue weighted by molar-refractivity contribution is 6.32. The number of aliphatic hydroxyl groups excluding tert-OH is 1. The fourth-order valence-corrected chi connectivity index (χ4v) is 2.54. The van der Waals surface area contributed by atoms with E-state index in [1.54, 1.807) is 10.9 Å². The molecule has 0 aliphatic rings. The van der Waals surface area contributed by atoms with Crippen LogP contribution < -0.4 is 10.6 Å². The Morgan fingerprint density at radius 2 is 2.00 bits per heavy atom. The molecule has 1 atom stereocenters. The number of rotatable bonds is 6. The van der Waals surface area contributed by atoms with Crippen LogP contribution in [0.1, 0.15) is 12.5 Å². The largest absolute Gasteiger partial charge is 0.394 e. The second-order valence-corrected chi connectivity index (χ2v) is 6.31. The molecule has 0 fully saturated rings. The number of anilines is 3. The van der Waals surface area contributed by atoms with Crippen LogP contribution in [0, 0.1) is 0 Å². The van der Waals surface area contributed by atoms with E-state index in [0.29, 0.717) is 16.8 Å². The molecule has 1 aromatic carbocycles. The van der Waals surface area contributed by atoms with Crippen molar-refractivity contribution in [3.05, 3.63) is 59.5 Å². The number of hydrogen-bond donors (Lipinski definition) is 3. The molecule has 1 unspecified atom stereocenters.